The second-order valence-electron chi connectivity index (χ2n) is 3.62. The van der Waals surface area contributed by atoms with Crippen molar-refractivity contribution in [1.29, 1.82) is 0 Å². The van der Waals surface area contributed by atoms with Crippen molar-refractivity contribution in [3.8, 4) is 10.6 Å². The lowest BCUT2D eigenvalue weighted by Crippen LogP contribution is -2.33. The van der Waals surface area contributed by atoms with E-state index in [-0.39, 0.29) is 12.5 Å². The topological polar surface area (TPSA) is 66.6 Å². The van der Waals surface area contributed by atoms with E-state index in [9.17, 15) is 4.79 Å². The van der Waals surface area contributed by atoms with E-state index in [1.165, 1.54) is 22.6 Å². The first-order chi connectivity index (χ1) is 8.77. The molecule has 2 rings (SSSR count). The molecule has 0 unspecified atom stereocenters. The molecule has 2 aromatic rings. The number of hydrogen-bond donors (Lipinski definition) is 1. The van der Waals surface area contributed by atoms with Crippen molar-refractivity contribution < 1.29 is 14.3 Å². The van der Waals surface area contributed by atoms with Gasteiger partial charge in [-0.25, -0.2) is 4.98 Å². The van der Waals surface area contributed by atoms with Gasteiger partial charge in [-0.05, 0) is 18.4 Å². The Labute approximate surface area is 109 Å². The molecule has 0 aliphatic heterocycles. The van der Waals surface area contributed by atoms with E-state index in [0.29, 0.717) is 24.5 Å². The number of hydrogen-bond acceptors (Lipinski definition) is 5. The first-order valence-corrected chi connectivity index (χ1v) is 6.53. The molecule has 0 saturated heterocycles. The normalized spacial score (nSPS) is 10.6. The lowest BCUT2D eigenvalue weighted by Gasteiger charge is -2.18. The molecule has 5 nitrogen and oxygen atoms in total. The van der Waals surface area contributed by atoms with Crippen LogP contribution in [0.2, 0.25) is 0 Å². The van der Waals surface area contributed by atoms with Crippen LogP contribution in [-0.4, -0.2) is 40.6 Å². The van der Waals surface area contributed by atoms with Crippen molar-refractivity contribution in [2.75, 3.05) is 19.7 Å². The number of thiophene rings is 1. The minimum absolute atomic E-state index is 0.0637. The molecular formula is C12H14N2O3S. The van der Waals surface area contributed by atoms with Gasteiger partial charge in [0, 0.05) is 13.1 Å². The number of amides is 1. The highest BCUT2D eigenvalue weighted by molar-refractivity contribution is 7.13. The SMILES string of the molecule is CCN(CCO)C(=O)c1ncoc1-c1cccs1. The van der Waals surface area contributed by atoms with Gasteiger partial charge in [-0.1, -0.05) is 6.07 Å². The standard InChI is InChI=1S/C12H14N2O3S/c1-2-14(5-6-15)12(16)10-11(17-8-13-10)9-4-3-7-18-9/h3-4,7-8,15H,2,5-6H2,1H3. The van der Waals surface area contributed by atoms with Crippen LogP contribution in [0.1, 0.15) is 17.4 Å². The summed E-state index contributed by atoms with van der Waals surface area (Å²) in [5, 5.41) is 10.8. The Hall–Kier alpha value is -1.66. The number of rotatable bonds is 5. The molecule has 2 aromatic heterocycles. The fourth-order valence-corrected chi connectivity index (χ4v) is 2.37. The zero-order chi connectivity index (χ0) is 13.0. The Kier molecular flexibility index (Phi) is 4.11. The highest BCUT2D eigenvalue weighted by atomic mass is 32.1. The van der Waals surface area contributed by atoms with Gasteiger partial charge in [0.1, 0.15) is 0 Å². The molecule has 0 fully saturated rings. The van der Waals surface area contributed by atoms with Crippen LogP contribution in [0, 0.1) is 0 Å². The second kappa shape index (κ2) is 5.79. The van der Waals surface area contributed by atoms with E-state index in [1.54, 1.807) is 0 Å². The summed E-state index contributed by atoms with van der Waals surface area (Å²) in [5.74, 6) is 0.273. The molecule has 96 valence electrons. The fraction of sp³-hybridized carbons (Fsp3) is 0.333. The van der Waals surface area contributed by atoms with Crippen LogP contribution in [0.5, 0.6) is 0 Å². The van der Waals surface area contributed by atoms with Crippen LogP contribution in [0.25, 0.3) is 10.6 Å². The lowest BCUT2D eigenvalue weighted by molar-refractivity contribution is 0.0727. The molecule has 0 spiro atoms. The van der Waals surface area contributed by atoms with Gasteiger partial charge in [-0.3, -0.25) is 4.79 Å². The number of oxazole rings is 1. The van der Waals surface area contributed by atoms with Crippen LogP contribution in [0.4, 0.5) is 0 Å². The molecule has 6 heteroatoms. The van der Waals surface area contributed by atoms with Gasteiger partial charge >= 0.3 is 0 Å². The van der Waals surface area contributed by atoms with Gasteiger partial charge < -0.3 is 14.4 Å². The maximum Gasteiger partial charge on any atom is 0.276 e. The number of aromatic nitrogens is 1. The van der Waals surface area contributed by atoms with E-state index >= 15 is 0 Å². The largest absolute Gasteiger partial charge is 0.442 e. The summed E-state index contributed by atoms with van der Waals surface area (Å²) in [6, 6.07) is 3.77. The molecule has 1 amide bonds. The van der Waals surface area contributed by atoms with Crippen molar-refractivity contribution >= 4 is 17.2 Å². The summed E-state index contributed by atoms with van der Waals surface area (Å²) in [6.07, 6.45) is 1.27. The molecule has 2 heterocycles. The number of carbonyl (C=O) groups is 1. The predicted molar refractivity (Wildman–Crippen MR) is 68.5 cm³/mol. The Bertz CT molecular complexity index is 507. The van der Waals surface area contributed by atoms with Crippen molar-refractivity contribution in [1.82, 2.24) is 9.88 Å². The van der Waals surface area contributed by atoms with Gasteiger partial charge in [0.05, 0.1) is 11.5 Å². The zero-order valence-electron chi connectivity index (χ0n) is 10.00. The van der Waals surface area contributed by atoms with Gasteiger partial charge in [0.25, 0.3) is 5.91 Å². The van der Waals surface area contributed by atoms with E-state index in [2.05, 4.69) is 4.98 Å². The quantitative estimate of drug-likeness (QED) is 0.897. The van der Waals surface area contributed by atoms with Crippen molar-refractivity contribution in [3.63, 3.8) is 0 Å². The summed E-state index contributed by atoms with van der Waals surface area (Å²) < 4.78 is 5.29. The van der Waals surface area contributed by atoms with Crippen LogP contribution >= 0.6 is 11.3 Å². The third kappa shape index (κ3) is 2.44. The average Bonchev–Trinajstić information content (AvgIpc) is 3.03. The second-order valence-corrected chi connectivity index (χ2v) is 4.56. The predicted octanol–water partition coefficient (Wildman–Crippen LogP) is 1.86. The Balaban J connectivity index is 2.29. The average molecular weight is 266 g/mol. The smallest absolute Gasteiger partial charge is 0.276 e. The molecule has 0 aliphatic rings. The number of aliphatic hydroxyl groups excluding tert-OH is 1. The Morgan fingerprint density at radius 3 is 3.06 bits per heavy atom. The van der Waals surface area contributed by atoms with Crippen molar-refractivity contribution in [2.45, 2.75) is 6.92 Å². The minimum Gasteiger partial charge on any atom is -0.442 e. The highest BCUT2D eigenvalue weighted by Crippen LogP contribution is 2.28. The minimum atomic E-state index is -0.219. The first kappa shape index (κ1) is 12.8. The van der Waals surface area contributed by atoms with Gasteiger partial charge in [-0.15, -0.1) is 11.3 Å². The molecule has 18 heavy (non-hydrogen) atoms. The van der Waals surface area contributed by atoms with Crippen LogP contribution < -0.4 is 0 Å². The molecule has 1 N–H and O–H groups in total. The van der Waals surface area contributed by atoms with Crippen molar-refractivity contribution in [2.24, 2.45) is 0 Å². The third-order valence-corrected chi connectivity index (χ3v) is 3.42. The monoisotopic (exact) mass is 266 g/mol. The fourth-order valence-electron chi connectivity index (χ4n) is 1.65. The number of nitrogens with zero attached hydrogens (tertiary/aromatic N) is 2. The zero-order valence-corrected chi connectivity index (χ0v) is 10.8. The molecular weight excluding hydrogens is 252 g/mol. The summed E-state index contributed by atoms with van der Waals surface area (Å²) in [5.41, 5.74) is 0.299. The molecule has 0 saturated carbocycles. The summed E-state index contributed by atoms with van der Waals surface area (Å²) in [4.78, 5) is 18.6. The molecule has 0 aliphatic carbocycles. The van der Waals surface area contributed by atoms with Crippen LogP contribution in [-0.2, 0) is 0 Å². The van der Waals surface area contributed by atoms with Crippen molar-refractivity contribution in [3.05, 3.63) is 29.6 Å². The van der Waals surface area contributed by atoms with Crippen LogP contribution in [0.15, 0.2) is 28.3 Å². The summed E-state index contributed by atoms with van der Waals surface area (Å²) in [7, 11) is 0. The van der Waals surface area contributed by atoms with Gasteiger partial charge in [0.15, 0.2) is 17.8 Å². The third-order valence-electron chi connectivity index (χ3n) is 2.55. The van der Waals surface area contributed by atoms with E-state index in [0.717, 1.165) is 4.88 Å². The number of carbonyl (C=O) groups excluding carboxylic acids is 1. The lowest BCUT2D eigenvalue weighted by atomic mass is 10.2. The molecule has 0 radical (unpaired) electrons. The van der Waals surface area contributed by atoms with Crippen LogP contribution in [0.3, 0.4) is 0 Å². The summed E-state index contributed by atoms with van der Waals surface area (Å²) >= 11 is 1.49. The maximum atomic E-state index is 12.2. The molecule has 0 bridgehead atoms. The Morgan fingerprint density at radius 1 is 1.61 bits per heavy atom. The molecule has 0 atom stereocenters. The first-order valence-electron chi connectivity index (χ1n) is 5.65. The number of likely N-dealkylation sites (N-methyl/N-ethyl adjacent to an activating group) is 1. The highest BCUT2D eigenvalue weighted by Gasteiger charge is 2.22. The van der Waals surface area contributed by atoms with Gasteiger partial charge in [0.2, 0.25) is 0 Å². The van der Waals surface area contributed by atoms with E-state index < -0.39 is 0 Å². The summed E-state index contributed by atoms with van der Waals surface area (Å²) in [6.45, 7) is 2.62. The van der Waals surface area contributed by atoms with E-state index in [1.807, 2.05) is 24.4 Å². The maximum absolute atomic E-state index is 12.2. The van der Waals surface area contributed by atoms with E-state index in [4.69, 9.17) is 9.52 Å². The number of aliphatic hydroxyl groups is 1. The van der Waals surface area contributed by atoms with Gasteiger partial charge in [-0.2, -0.15) is 0 Å². The Morgan fingerprint density at radius 2 is 2.44 bits per heavy atom. The molecule has 0 aromatic carbocycles.